The number of aromatic nitrogens is 3. The molecule has 0 saturated heterocycles. The minimum Gasteiger partial charge on any atom is -0.306 e. The number of sulfone groups is 1. The number of benzene rings is 1. The summed E-state index contributed by atoms with van der Waals surface area (Å²) in [6.07, 6.45) is 1.27. The highest BCUT2D eigenvalue weighted by Crippen LogP contribution is 2.23. The van der Waals surface area contributed by atoms with Gasteiger partial charge in [0.05, 0.1) is 9.92 Å². The molecule has 0 radical (unpaired) electrons. The van der Waals surface area contributed by atoms with Crippen LogP contribution >= 0.6 is 11.6 Å². The van der Waals surface area contributed by atoms with E-state index in [2.05, 4.69) is 15.0 Å². The van der Waals surface area contributed by atoms with Gasteiger partial charge < -0.3 is 4.98 Å². The number of fused-ring (bicyclic) bond motifs is 1. The fourth-order valence-corrected chi connectivity index (χ4v) is 3.18. The van der Waals surface area contributed by atoms with Crippen molar-refractivity contribution in [2.75, 3.05) is 0 Å². The third kappa shape index (κ3) is 2.46. The average molecular weight is 340 g/mol. The topological polar surface area (TPSA) is 92.8 Å². The summed E-state index contributed by atoms with van der Waals surface area (Å²) < 4.78 is 38.0. The predicted molar refractivity (Wildman–Crippen MR) is 77.0 cm³/mol. The Morgan fingerprint density at radius 3 is 2.68 bits per heavy atom. The van der Waals surface area contributed by atoms with E-state index in [1.807, 2.05) is 0 Å². The molecule has 0 unspecified atom stereocenters. The highest BCUT2D eigenvalue weighted by molar-refractivity contribution is 7.91. The molecule has 0 bridgehead atoms. The largest absolute Gasteiger partial charge is 0.306 e. The van der Waals surface area contributed by atoms with Crippen molar-refractivity contribution in [3.05, 3.63) is 57.7 Å². The van der Waals surface area contributed by atoms with Crippen LogP contribution in [0, 0.1) is 5.82 Å². The van der Waals surface area contributed by atoms with Gasteiger partial charge in [-0.2, -0.15) is 4.98 Å². The number of rotatable bonds is 2. The Morgan fingerprint density at radius 2 is 1.95 bits per heavy atom. The normalized spacial score (nSPS) is 11.7. The molecule has 2 heterocycles. The van der Waals surface area contributed by atoms with Crippen LogP contribution in [-0.2, 0) is 9.84 Å². The molecule has 0 amide bonds. The number of nitrogens with zero attached hydrogens (tertiary/aromatic N) is 2. The molecule has 0 aliphatic rings. The molecule has 0 atom stereocenters. The number of hydrogen-bond acceptors (Lipinski definition) is 5. The number of aromatic amines is 1. The molecule has 1 N–H and O–H groups in total. The highest BCUT2D eigenvalue weighted by atomic mass is 35.5. The first-order valence-corrected chi connectivity index (χ1v) is 7.80. The van der Waals surface area contributed by atoms with E-state index in [0.717, 1.165) is 18.2 Å². The van der Waals surface area contributed by atoms with Crippen LogP contribution in [0.15, 0.2) is 51.4 Å². The van der Waals surface area contributed by atoms with Crippen molar-refractivity contribution in [2.45, 2.75) is 10.1 Å². The molecular weight excluding hydrogens is 333 g/mol. The zero-order valence-corrected chi connectivity index (χ0v) is 12.3. The standard InChI is InChI=1S/C13H7ClFN3O3S/c14-9-5-8(2-3-10(9)15)22(20,21)13-16-6-7-1-4-11(19)17-12(7)18-13/h1-6H,(H,16,17,18,19). The number of halogens is 2. The lowest BCUT2D eigenvalue weighted by Crippen LogP contribution is -2.10. The second-order valence-electron chi connectivity index (χ2n) is 4.36. The summed E-state index contributed by atoms with van der Waals surface area (Å²) in [5.74, 6) is -0.732. The molecule has 112 valence electrons. The van der Waals surface area contributed by atoms with Gasteiger partial charge in [-0.3, -0.25) is 4.79 Å². The summed E-state index contributed by atoms with van der Waals surface area (Å²) in [7, 11) is -4.08. The van der Waals surface area contributed by atoms with Crippen LogP contribution in [-0.4, -0.2) is 23.4 Å². The fourth-order valence-electron chi connectivity index (χ4n) is 1.80. The van der Waals surface area contributed by atoms with Crippen molar-refractivity contribution in [1.82, 2.24) is 15.0 Å². The first-order valence-electron chi connectivity index (χ1n) is 5.94. The van der Waals surface area contributed by atoms with Gasteiger partial charge in [0.15, 0.2) is 0 Å². The van der Waals surface area contributed by atoms with Crippen molar-refractivity contribution in [3.8, 4) is 0 Å². The van der Waals surface area contributed by atoms with Crippen molar-refractivity contribution < 1.29 is 12.8 Å². The Labute approximate surface area is 128 Å². The summed E-state index contributed by atoms with van der Waals surface area (Å²) in [5.41, 5.74) is -0.325. The molecule has 9 heteroatoms. The quantitative estimate of drug-likeness (QED) is 0.569. The number of H-pyrrole nitrogens is 1. The van der Waals surface area contributed by atoms with Crippen molar-refractivity contribution in [2.24, 2.45) is 0 Å². The molecule has 0 aliphatic heterocycles. The second kappa shape index (κ2) is 5.15. The van der Waals surface area contributed by atoms with Crippen LogP contribution in [0.2, 0.25) is 5.02 Å². The Hall–Kier alpha value is -2.32. The van der Waals surface area contributed by atoms with E-state index < -0.39 is 26.4 Å². The molecular formula is C13H7ClFN3O3S. The van der Waals surface area contributed by atoms with Crippen LogP contribution in [0.5, 0.6) is 0 Å². The van der Waals surface area contributed by atoms with Gasteiger partial charge in [-0.1, -0.05) is 11.6 Å². The minimum absolute atomic E-state index is 0.0919. The van der Waals surface area contributed by atoms with Gasteiger partial charge in [0.1, 0.15) is 11.5 Å². The van der Waals surface area contributed by atoms with Crippen molar-refractivity contribution in [1.29, 1.82) is 0 Å². The third-order valence-electron chi connectivity index (χ3n) is 2.89. The molecule has 0 fully saturated rings. The van der Waals surface area contributed by atoms with Gasteiger partial charge in [0, 0.05) is 17.6 Å². The van der Waals surface area contributed by atoms with Crippen LogP contribution in [0.3, 0.4) is 0 Å². The van der Waals surface area contributed by atoms with Crippen LogP contribution < -0.4 is 5.56 Å². The van der Waals surface area contributed by atoms with Crippen LogP contribution in [0.4, 0.5) is 4.39 Å². The summed E-state index contributed by atoms with van der Waals surface area (Å²) in [4.78, 5) is 21.1. The highest BCUT2D eigenvalue weighted by Gasteiger charge is 2.22. The van der Waals surface area contributed by atoms with E-state index in [0.29, 0.717) is 5.39 Å². The van der Waals surface area contributed by atoms with Crippen LogP contribution in [0.1, 0.15) is 0 Å². The molecule has 3 rings (SSSR count). The zero-order valence-electron chi connectivity index (χ0n) is 10.7. The first-order chi connectivity index (χ1) is 10.4. The Bertz CT molecular complexity index is 1050. The van der Waals surface area contributed by atoms with E-state index in [1.165, 1.54) is 18.3 Å². The van der Waals surface area contributed by atoms with Gasteiger partial charge in [-0.15, -0.1) is 0 Å². The number of hydrogen-bond donors (Lipinski definition) is 1. The molecule has 2 aromatic heterocycles. The maximum Gasteiger partial charge on any atom is 0.254 e. The second-order valence-corrected chi connectivity index (χ2v) is 6.61. The molecule has 1 aromatic carbocycles. The molecule has 22 heavy (non-hydrogen) atoms. The first kappa shape index (κ1) is 14.6. The predicted octanol–water partition coefficient (Wildman–Crippen LogP) is 1.94. The number of nitrogens with one attached hydrogen (secondary N) is 1. The average Bonchev–Trinajstić information content (AvgIpc) is 2.49. The van der Waals surface area contributed by atoms with Gasteiger partial charge in [-0.05, 0) is 24.3 Å². The minimum atomic E-state index is -4.08. The SMILES string of the molecule is O=c1ccc2cnc(S(=O)(=O)c3ccc(F)c(Cl)c3)nc2[nH]1. The molecule has 3 aromatic rings. The third-order valence-corrected chi connectivity index (χ3v) is 4.73. The van der Waals surface area contributed by atoms with Gasteiger partial charge in [-0.25, -0.2) is 17.8 Å². The van der Waals surface area contributed by atoms with E-state index in [1.54, 1.807) is 0 Å². The van der Waals surface area contributed by atoms with E-state index in [-0.39, 0.29) is 15.6 Å². The van der Waals surface area contributed by atoms with E-state index in [4.69, 9.17) is 11.6 Å². The monoisotopic (exact) mass is 339 g/mol. The molecule has 0 aliphatic carbocycles. The van der Waals surface area contributed by atoms with Crippen molar-refractivity contribution >= 4 is 32.5 Å². The maximum absolute atomic E-state index is 13.1. The summed E-state index contributed by atoms with van der Waals surface area (Å²) in [6, 6.07) is 5.74. The van der Waals surface area contributed by atoms with Crippen LogP contribution in [0.25, 0.3) is 11.0 Å². The smallest absolute Gasteiger partial charge is 0.254 e. The lowest BCUT2D eigenvalue weighted by Gasteiger charge is -2.05. The van der Waals surface area contributed by atoms with Gasteiger partial charge in [0.25, 0.3) is 5.16 Å². The van der Waals surface area contributed by atoms with Gasteiger partial charge in [0.2, 0.25) is 15.4 Å². The zero-order chi connectivity index (χ0) is 15.9. The lowest BCUT2D eigenvalue weighted by atomic mass is 10.3. The molecule has 0 spiro atoms. The maximum atomic E-state index is 13.1. The Balaban J connectivity index is 2.19. The lowest BCUT2D eigenvalue weighted by molar-refractivity contribution is 0.586. The van der Waals surface area contributed by atoms with Gasteiger partial charge >= 0.3 is 0 Å². The summed E-state index contributed by atoms with van der Waals surface area (Å²) in [5, 5.41) is -0.351. The summed E-state index contributed by atoms with van der Waals surface area (Å²) >= 11 is 5.60. The number of pyridine rings is 1. The summed E-state index contributed by atoms with van der Waals surface area (Å²) in [6.45, 7) is 0. The van der Waals surface area contributed by atoms with E-state index >= 15 is 0 Å². The Morgan fingerprint density at radius 1 is 1.18 bits per heavy atom. The van der Waals surface area contributed by atoms with E-state index in [9.17, 15) is 17.6 Å². The fraction of sp³-hybridized carbons (Fsp3) is 0. The molecule has 0 saturated carbocycles. The Kier molecular flexibility index (Phi) is 3.42. The van der Waals surface area contributed by atoms with Crippen molar-refractivity contribution in [3.63, 3.8) is 0 Å². The molecule has 6 nitrogen and oxygen atoms in total.